The summed E-state index contributed by atoms with van der Waals surface area (Å²) in [5.74, 6) is 0.831. The van der Waals surface area contributed by atoms with Crippen molar-refractivity contribution in [1.29, 1.82) is 0 Å². The molecule has 1 aromatic heterocycles. The van der Waals surface area contributed by atoms with Crippen molar-refractivity contribution < 1.29 is 4.74 Å². The summed E-state index contributed by atoms with van der Waals surface area (Å²) in [6.07, 6.45) is 1.09. The topological polar surface area (TPSA) is 21.3 Å². The summed E-state index contributed by atoms with van der Waals surface area (Å²) in [6, 6.07) is 10.3. The Morgan fingerprint density at radius 1 is 1.30 bits per heavy atom. The number of methoxy groups -OCH3 is 1. The Balaban J connectivity index is 2.40. The molecule has 2 rings (SSSR count). The summed E-state index contributed by atoms with van der Waals surface area (Å²) in [7, 11) is 1.69. The molecule has 4 heteroatoms. The van der Waals surface area contributed by atoms with E-state index in [1.165, 1.54) is 9.75 Å². The van der Waals surface area contributed by atoms with Gasteiger partial charge in [-0.2, -0.15) is 0 Å². The van der Waals surface area contributed by atoms with E-state index in [2.05, 4.69) is 31.3 Å². The van der Waals surface area contributed by atoms with Crippen molar-refractivity contribution in [3.63, 3.8) is 0 Å². The molecule has 1 N–H and O–H groups in total. The molecular formula is C16H20ClNOS. The molecule has 20 heavy (non-hydrogen) atoms. The number of hydrogen-bond donors (Lipinski definition) is 1. The number of rotatable bonds is 6. The summed E-state index contributed by atoms with van der Waals surface area (Å²) in [4.78, 5) is 2.62. The Bertz CT molecular complexity index is 567. The smallest absolute Gasteiger partial charge is 0.125 e. The Kier molecular flexibility index (Phi) is 5.46. The predicted molar refractivity (Wildman–Crippen MR) is 87.2 cm³/mol. The third kappa shape index (κ3) is 3.54. The molecule has 2 nitrogen and oxygen atoms in total. The van der Waals surface area contributed by atoms with E-state index in [1.807, 2.05) is 29.5 Å². The maximum atomic E-state index is 6.06. The van der Waals surface area contributed by atoms with E-state index in [-0.39, 0.29) is 6.04 Å². The van der Waals surface area contributed by atoms with Crippen LogP contribution in [-0.2, 0) is 0 Å². The number of thiophene rings is 1. The van der Waals surface area contributed by atoms with Gasteiger partial charge in [-0.3, -0.25) is 0 Å². The first-order valence-electron chi connectivity index (χ1n) is 6.79. The zero-order valence-corrected chi connectivity index (χ0v) is 13.6. The van der Waals surface area contributed by atoms with Crippen LogP contribution < -0.4 is 10.1 Å². The highest BCUT2D eigenvalue weighted by Gasteiger charge is 2.19. The average Bonchev–Trinajstić information content (AvgIpc) is 2.87. The predicted octanol–water partition coefficient (Wildman–Crippen LogP) is 4.81. The first-order valence-corrected chi connectivity index (χ1v) is 7.98. The van der Waals surface area contributed by atoms with Crippen molar-refractivity contribution >= 4 is 22.9 Å². The van der Waals surface area contributed by atoms with Crippen LogP contribution in [0.15, 0.2) is 30.3 Å². The van der Waals surface area contributed by atoms with Crippen LogP contribution in [0.3, 0.4) is 0 Å². The minimum atomic E-state index is 0.154. The van der Waals surface area contributed by atoms with E-state index in [9.17, 15) is 0 Å². The van der Waals surface area contributed by atoms with Gasteiger partial charge < -0.3 is 10.1 Å². The van der Waals surface area contributed by atoms with E-state index in [1.54, 1.807) is 7.11 Å². The molecule has 0 saturated carbocycles. The van der Waals surface area contributed by atoms with Crippen LogP contribution in [0.1, 0.15) is 34.7 Å². The van der Waals surface area contributed by atoms with Crippen molar-refractivity contribution in [2.45, 2.75) is 26.3 Å². The van der Waals surface area contributed by atoms with Gasteiger partial charge in [-0.25, -0.2) is 0 Å². The molecule has 0 bridgehead atoms. The van der Waals surface area contributed by atoms with Gasteiger partial charge in [0.05, 0.1) is 13.2 Å². The van der Waals surface area contributed by atoms with E-state index in [0.29, 0.717) is 5.02 Å². The third-order valence-electron chi connectivity index (χ3n) is 3.15. The molecule has 0 aliphatic carbocycles. The van der Waals surface area contributed by atoms with Gasteiger partial charge in [-0.1, -0.05) is 24.6 Å². The van der Waals surface area contributed by atoms with E-state index < -0.39 is 0 Å². The van der Waals surface area contributed by atoms with E-state index in [0.717, 1.165) is 24.3 Å². The molecule has 108 valence electrons. The molecule has 1 unspecified atom stereocenters. The second-order valence-electron chi connectivity index (χ2n) is 4.72. The highest BCUT2D eigenvalue weighted by Crippen LogP contribution is 2.35. The largest absolute Gasteiger partial charge is 0.496 e. The number of nitrogens with one attached hydrogen (secondary N) is 1. The lowest BCUT2D eigenvalue weighted by molar-refractivity contribution is 0.404. The lowest BCUT2D eigenvalue weighted by atomic mass is 10.0. The first-order chi connectivity index (χ1) is 9.65. The van der Waals surface area contributed by atoms with Crippen LogP contribution in [0.5, 0.6) is 5.75 Å². The molecule has 0 spiro atoms. The fourth-order valence-electron chi connectivity index (χ4n) is 2.18. The van der Waals surface area contributed by atoms with Crippen LogP contribution in [-0.4, -0.2) is 13.7 Å². The number of ether oxygens (including phenoxy) is 1. The van der Waals surface area contributed by atoms with Crippen LogP contribution in [0.4, 0.5) is 0 Å². The Morgan fingerprint density at radius 3 is 2.70 bits per heavy atom. The minimum absolute atomic E-state index is 0.154. The highest BCUT2D eigenvalue weighted by atomic mass is 35.5. The molecule has 0 radical (unpaired) electrons. The Hall–Kier alpha value is -1.03. The molecule has 0 aliphatic rings. The molecule has 2 aromatic rings. The van der Waals surface area contributed by atoms with Crippen LogP contribution >= 0.6 is 22.9 Å². The summed E-state index contributed by atoms with van der Waals surface area (Å²) in [5.41, 5.74) is 1.13. The lowest BCUT2D eigenvalue weighted by Gasteiger charge is -2.20. The number of halogens is 1. The maximum absolute atomic E-state index is 6.06. The fourth-order valence-corrected chi connectivity index (χ4v) is 3.32. The van der Waals surface area contributed by atoms with Gasteiger partial charge in [-0.15, -0.1) is 11.3 Å². The second kappa shape index (κ2) is 7.11. The van der Waals surface area contributed by atoms with Crippen LogP contribution in [0.2, 0.25) is 5.02 Å². The third-order valence-corrected chi connectivity index (χ3v) is 4.45. The first kappa shape index (κ1) is 15.4. The molecule has 0 aliphatic heterocycles. The summed E-state index contributed by atoms with van der Waals surface area (Å²) >= 11 is 7.87. The fraction of sp³-hybridized carbons (Fsp3) is 0.375. The van der Waals surface area contributed by atoms with Gasteiger partial charge in [0.15, 0.2) is 0 Å². The van der Waals surface area contributed by atoms with Crippen molar-refractivity contribution in [1.82, 2.24) is 5.32 Å². The monoisotopic (exact) mass is 309 g/mol. The molecule has 1 atom stereocenters. The molecule has 1 heterocycles. The van der Waals surface area contributed by atoms with Crippen molar-refractivity contribution in [2.75, 3.05) is 13.7 Å². The van der Waals surface area contributed by atoms with Crippen molar-refractivity contribution in [2.24, 2.45) is 0 Å². The summed E-state index contributed by atoms with van der Waals surface area (Å²) in [6.45, 7) is 5.26. The number of hydrogen-bond acceptors (Lipinski definition) is 3. The number of benzene rings is 1. The zero-order valence-electron chi connectivity index (χ0n) is 12.1. The molecule has 1 aromatic carbocycles. The van der Waals surface area contributed by atoms with Crippen LogP contribution in [0, 0.1) is 6.92 Å². The summed E-state index contributed by atoms with van der Waals surface area (Å²) in [5, 5.41) is 4.29. The molecule has 0 fully saturated rings. The van der Waals surface area contributed by atoms with Gasteiger partial charge in [0.2, 0.25) is 0 Å². The van der Waals surface area contributed by atoms with Gasteiger partial charge in [0.25, 0.3) is 0 Å². The van der Waals surface area contributed by atoms with Gasteiger partial charge in [0.1, 0.15) is 5.75 Å². The van der Waals surface area contributed by atoms with Gasteiger partial charge in [0, 0.05) is 20.3 Å². The molecular weight excluding hydrogens is 290 g/mol. The second-order valence-corrected chi connectivity index (χ2v) is 6.48. The summed E-state index contributed by atoms with van der Waals surface area (Å²) < 4.78 is 5.50. The molecule has 0 saturated heterocycles. The average molecular weight is 310 g/mol. The minimum Gasteiger partial charge on any atom is -0.496 e. The Labute approximate surface area is 129 Å². The van der Waals surface area contributed by atoms with E-state index in [4.69, 9.17) is 16.3 Å². The normalized spacial score (nSPS) is 12.4. The zero-order chi connectivity index (χ0) is 14.5. The van der Waals surface area contributed by atoms with Crippen molar-refractivity contribution in [3.05, 3.63) is 50.7 Å². The van der Waals surface area contributed by atoms with E-state index >= 15 is 0 Å². The molecule has 0 amide bonds. The standard InChI is InChI=1S/C16H20ClNOS/c1-4-9-18-16(15-8-5-11(2)20-15)13-7-6-12(17)10-14(13)19-3/h5-8,10,16,18H,4,9H2,1-3H3. The quantitative estimate of drug-likeness (QED) is 0.827. The van der Waals surface area contributed by atoms with Crippen molar-refractivity contribution in [3.8, 4) is 5.75 Å². The Morgan fingerprint density at radius 2 is 2.10 bits per heavy atom. The SMILES string of the molecule is CCCNC(c1ccc(C)s1)c1ccc(Cl)cc1OC. The highest BCUT2D eigenvalue weighted by molar-refractivity contribution is 7.12. The maximum Gasteiger partial charge on any atom is 0.125 e. The number of aryl methyl sites for hydroxylation is 1. The lowest BCUT2D eigenvalue weighted by Crippen LogP contribution is -2.22. The van der Waals surface area contributed by atoms with Gasteiger partial charge in [-0.05, 0) is 44.2 Å². The van der Waals surface area contributed by atoms with Crippen LogP contribution in [0.25, 0.3) is 0 Å². The van der Waals surface area contributed by atoms with Gasteiger partial charge >= 0.3 is 0 Å².